The monoisotopic (exact) mass is 416 g/mol. The first-order valence-electron chi connectivity index (χ1n) is 9.79. The van der Waals surface area contributed by atoms with Crippen LogP contribution >= 0.6 is 0 Å². The number of imidazole rings is 1. The molecule has 0 spiro atoms. The third kappa shape index (κ3) is 7.73. The van der Waals surface area contributed by atoms with Crippen molar-refractivity contribution in [2.75, 3.05) is 0 Å². The number of primary amides is 1. The molecule has 1 aromatic heterocycles. The van der Waals surface area contributed by atoms with Gasteiger partial charge in [0.1, 0.15) is 6.04 Å². The Bertz CT molecular complexity index is 941. The summed E-state index contributed by atoms with van der Waals surface area (Å²) in [7, 11) is 1.59. The van der Waals surface area contributed by atoms with Gasteiger partial charge in [-0.25, -0.2) is 14.2 Å². The minimum Gasteiger partial charge on any atom is -0.368 e. The maximum atomic E-state index is 12.5. The maximum absolute atomic E-state index is 12.5. The van der Waals surface area contributed by atoms with E-state index in [1.165, 1.54) is 10.1 Å². The van der Waals surface area contributed by atoms with Crippen molar-refractivity contribution < 1.29 is 9.59 Å². The van der Waals surface area contributed by atoms with Gasteiger partial charge in [-0.3, -0.25) is 9.36 Å². The van der Waals surface area contributed by atoms with Crippen LogP contribution in [-0.2, 0) is 11.8 Å². The number of hydrogen-bond donors (Lipinski definition) is 2. The number of carbonyl (C=O) groups is 2. The van der Waals surface area contributed by atoms with Gasteiger partial charge in [0.15, 0.2) is 0 Å². The largest absolute Gasteiger partial charge is 0.368 e. The molecule has 7 nitrogen and oxygen atoms in total. The topological polar surface area (TPSA) is 99.1 Å². The Morgan fingerprint density at radius 2 is 1.63 bits per heavy atom. The lowest BCUT2D eigenvalue weighted by molar-refractivity contribution is -0.122. The van der Waals surface area contributed by atoms with Crippen LogP contribution in [0.25, 0.3) is 11.0 Å². The highest BCUT2D eigenvalue weighted by atomic mass is 16.2. The number of para-hydroxylation sites is 2. The van der Waals surface area contributed by atoms with Crippen LogP contribution in [0.1, 0.15) is 48.0 Å². The maximum Gasteiger partial charge on any atom is 0.337 e. The zero-order valence-electron chi connectivity index (χ0n) is 19.3. The third-order valence-electron chi connectivity index (χ3n) is 3.87. The summed E-state index contributed by atoms with van der Waals surface area (Å²) in [4.78, 5) is 36.3. The fourth-order valence-electron chi connectivity index (χ4n) is 2.39. The molecule has 0 aliphatic rings. The number of aromatic nitrogens is 2. The number of nitrogens with zero attached hydrogens (tertiary/aromatic N) is 2. The van der Waals surface area contributed by atoms with Gasteiger partial charge in [0.25, 0.3) is 0 Å². The molecule has 3 N–H and O–H groups in total. The number of fused-ring (bicyclic) bond motifs is 1. The van der Waals surface area contributed by atoms with E-state index in [0.29, 0.717) is 11.0 Å². The molecule has 0 aliphatic carbocycles. The first kappa shape index (κ1) is 26.9. The van der Waals surface area contributed by atoms with Gasteiger partial charge in [-0.05, 0) is 37.8 Å². The zero-order valence-corrected chi connectivity index (χ0v) is 19.3. The van der Waals surface area contributed by atoms with Crippen LogP contribution in [-0.4, -0.2) is 27.1 Å². The normalized spacial score (nSPS) is 11.3. The lowest BCUT2D eigenvalue weighted by atomic mass is 9.86. The number of hydrogen-bond acceptors (Lipinski definition) is 3. The van der Waals surface area contributed by atoms with Gasteiger partial charge < -0.3 is 11.1 Å². The van der Waals surface area contributed by atoms with Crippen molar-refractivity contribution in [2.24, 2.45) is 18.2 Å². The number of rotatable bonds is 3. The number of amides is 2. The van der Waals surface area contributed by atoms with Crippen molar-refractivity contribution in [2.45, 2.75) is 54.0 Å². The summed E-state index contributed by atoms with van der Waals surface area (Å²) in [6.07, 6.45) is 2.96. The number of aryl methyl sites for hydroxylation is 1. The second-order valence-electron chi connectivity index (χ2n) is 8.22. The number of nitrogens with two attached hydrogens (primary N) is 1. The van der Waals surface area contributed by atoms with E-state index < -0.39 is 29.1 Å². The Kier molecular flexibility index (Phi) is 10.6. The molecule has 0 fully saturated rings. The van der Waals surface area contributed by atoms with E-state index in [1.54, 1.807) is 52.1 Å². The van der Waals surface area contributed by atoms with Crippen molar-refractivity contribution in [1.29, 1.82) is 0 Å². The SMILES string of the molecule is C=C(C)C.C=CCC.Cn1c(=O)n(C(=O)N[C@H](C(N)=O)C(C)(C)C)c2ccccc21. The van der Waals surface area contributed by atoms with Crippen LogP contribution in [0.15, 0.2) is 53.9 Å². The Morgan fingerprint density at radius 1 is 1.20 bits per heavy atom. The molecule has 1 heterocycles. The van der Waals surface area contributed by atoms with Gasteiger partial charge in [-0.2, -0.15) is 0 Å². The Hall–Kier alpha value is -3.09. The molecule has 0 radical (unpaired) electrons. The molecular formula is C23H36N4O3. The zero-order chi connectivity index (χ0) is 23.6. The third-order valence-corrected chi connectivity index (χ3v) is 3.87. The fraction of sp³-hybridized carbons (Fsp3) is 0.435. The highest BCUT2D eigenvalue weighted by molar-refractivity contribution is 5.92. The molecule has 2 rings (SSSR count). The number of benzene rings is 1. The van der Waals surface area contributed by atoms with Crippen LogP contribution < -0.4 is 16.7 Å². The summed E-state index contributed by atoms with van der Waals surface area (Å²) in [5, 5.41) is 2.56. The van der Waals surface area contributed by atoms with Crippen LogP contribution in [0.4, 0.5) is 4.79 Å². The van der Waals surface area contributed by atoms with Gasteiger partial charge >= 0.3 is 11.7 Å². The molecule has 166 valence electrons. The smallest absolute Gasteiger partial charge is 0.337 e. The molecule has 30 heavy (non-hydrogen) atoms. The molecule has 2 aromatic rings. The van der Waals surface area contributed by atoms with Crippen LogP contribution in [0.2, 0.25) is 0 Å². The van der Waals surface area contributed by atoms with E-state index in [2.05, 4.69) is 25.4 Å². The highest BCUT2D eigenvalue weighted by Crippen LogP contribution is 2.19. The second kappa shape index (κ2) is 11.8. The Morgan fingerprint density at radius 3 is 2.00 bits per heavy atom. The Labute approximate surface area is 179 Å². The molecule has 0 bridgehead atoms. The Balaban J connectivity index is 0.000000901. The van der Waals surface area contributed by atoms with E-state index in [0.717, 1.165) is 11.0 Å². The van der Waals surface area contributed by atoms with Crippen molar-refractivity contribution in [3.05, 3.63) is 59.6 Å². The summed E-state index contributed by atoms with van der Waals surface area (Å²) >= 11 is 0. The molecule has 2 amide bonds. The minimum absolute atomic E-state index is 0.476. The molecular weight excluding hydrogens is 380 g/mol. The quantitative estimate of drug-likeness (QED) is 0.741. The van der Waals surface area contributed by atoms with Crippen molar-refractivity contribution in [1.82, 2.24) is 14.5 Å². The number of nitrogens with one attached hydrogen (secondary N) is 1. The van der Waals surface area contributed by atoms with Gasteiger partial charge in [0.05, 0.1) is 11.0 Å². The standard InChI is InChI=1S/C15H20N4O3.2C4H8/c1-15(2,3)11(12(16)20)17-13(21)19-10-8-6-5-7-9(10)18(4)14(19)22;1-4(2)3;1-3-4-2/h5-8,11H,1-4H3,(H2,16,20)(H,17,21);1H2,2-3H3;3H,1,4H2,2H3/t11-;;/m1../s1. The molecule has 0 unspecified atom stereocenters. The lowest BCUT2D eigenvalue weighted by Gasteiger charge is -2.28. The fourth-order valence-corrected chi connectivity index (χ4v) is 2.39. The molecule has 7 heteroatoms. The van der Waals surface area contributed by atoms with Crippen LogP contribution in [0, 0.1) is 5.41 Å². The van der Waals surface area contributed by atoms with E-state index in [4.69, 9.17) is 5.73 Å². The van der Waals surface area contributed by atoms with Gasteiger partial charge in [-0.15, -0.1) is 13.2 Å². The highest BCUT2D eigenvalue weighted by Gasteiger charge is 2.32. The predicted molar refractivity (Wildman–Crippen MR) is 125 cm³/mol. The summed E-state index contributed by atoms with van der Waals surface area (Å²) in [5.74, 6) is -0.644. The van der Waals surface area contributed by atoms with Crippen molar-refractivity contribution in [3.63, 3.8) is 0 Å². The number of carbonyl (C=O) groups excluding carboxylic acids is 2. The molecule has 0 saturated heterocycles. The van der Waals surface area contributed by atoms with Crippen molar-refractivity contribution >= 4 is 23.0 Å². The number of allylic oxidation sites excluding steroid dienone is 2. The lowest BCUT2D eigenvalue weighted by Crippen LogP contribution is -2.54. The summed E-state index contributed by atoms with van der Waals surface area (Å²) in [6.45, 7) is 18.4. The van der Waals surface area contributed by atoms with E-state index in [9.17, 15) is 14.4 Å². The van der Waals surface area contributed by atoms with E-state index in [-0.39, 0.29) is 0 Å². The second-order valence-corrected chi connectivity index (χ2v) is 8.22. The van der Waals surface area contributed by atoms with Crippen LogP contribution in [0.5, 0.6) is 0 Å². The average molecular weight is 417 g/mol. The van der Waals surface area contributed by atoms with Gasteiger partial charge in [-0.1, -0.05) is 51.5 Å². The van der Waals surface area contributed by atoms with Gasteiger partial charge in [0.2, 0.25) is 5.91 Å². The first-order chi connectivity index (χ1) is 13.8. The van der Waals surface area contributed by atoms with E-state index in [1.807, 2.05) is 19.9 Å². The average Bonchev–Trinajstić information content (AvgIpc) is 2.89. The molecule has 0 saturated carbocycles. The minimum atomic E-state index is -0.883. The molecule has 0 aliphatic heterocycles. The van der Waals surface area contributed by atoms with Crippen molar-refractivity contribution in [3.8, 4) is 0 Å². The molecule has 1 aromatic carbocycles. The summed E-state index contributed by atoms with van der Waals surface area (Å²) in [5.41, 5.74) is 6.60. The predicted octanol–water partition coefficient (Wildman–Crippen LogP) is 3.96. The molecule has 1 atom stereocenters. The van der Waals surface area contributed by atoms with Crippen LogP contribution in [0.3, 0.4) is 0 Å². The van der Waals surface area contributed by atoms with Gasteiger partial charge in [0, 0.05) is 7.05 Å². The first-order valence-corrected chi connectivity index (χ1v) is 9.79. The summed E-state index contributed by atoms with van der Waals surface area (Å²) in [6, 6.07) is 5.39. The summed E-state index contributed by atoms with van der Waals surface area (Å²) < 4.78 is 2.39. The van der Waals surface area contributed by atoms with E-state index >= 15 is 0 Å².